The number of aliphatic hydroxyl groups excluding tert-OH is 1. The monoisotopic (exact) mass is 202 g/mol. The lowest BCUT2D eigenvalue weighted by Gasteiger charge is -1.95. The van der Waals surface area contributed by atoms with E-state index in [0.29, 0.717) is 6.42 Å². The molecule has 2 heteroatoms. The zero-order chi connectivity index (χ0) is 10.9. The minimum atomic E-state index is 0.177. The Morgan fingerprint density at radius 3 is 2.20 bits per heavy atom. The second-order valence-electron chi connectivity index (χ2n) is 3.08. The zero-order valence-electron chi connectivity index (χ0n) is 8.47. The molecule has 0 spiro atoms. The van der Waals surface area contributed by atoms with Gasteiger partial charge in [0.1, 0.15) is 6.29 Å². The summed E-state index contributed by atoms with van der Waals surface area (Å²) < 4.78 is 0. The summed E-state index contributed by atoms with van der Waals surface area (Å²) in [5.41, 5.74) is 2.09. The molecule has 0 bridgehead atoms. The van der Waals surface area contributed by atoms with Crippen molar-refractivity contribution in [3.63, 3.8) is 0 Å². The van der Waals surface area contributed by atoms with E-state index in [-0.39, 0.29) is 6.61 Å². The van der Waals surface area contributed by atoms with E-state index in [9.17, 15) is 4.79 Å². The summed E-state index contributed by atoms with van der Waals surface area (Å²) in [5.74, 6) is 0. The van der Waals surface area contributed by atoms with Crippen molar-refractivity contribution in [2.24, 2.45) is 0 Å². The number of hydrogen-bond donors (Lipinski definition) is 1. The Hall–Kier alpha value is -1.67. The Kier molecular flexibility index (Phi) is 5.12. The molecule has 15 heavy (non-hydrogen) atoms. The van der Waals surface area contributed by atoms with Crippen molar-refractivity contribution in [3.8, 4) is 0 Å². The summed E-state index contributed by atoms with van der Waals surface area (Å²) in [5, 5.41) is 8.59. The van der Waals surface area contributed by atoms with Crippen LogP contribution >= 0.6 is 0 Å². The molecule has 0 aliphatic carbocycles. The molecule has 1 aromatic rings. The summed E-state index contributed by atoms with van der Waals surface area (Å²) in [6, 6.07) is 7.83. The molecule has 0 aromatic heterocycles. The number of rotatable bonds is 5. The van der Waals surface area contributed by atoms with E-state index in [1.165, 1.54) is 6.08 Å². The largest absolute Gasteiger partial charge is 0.396 e. The summed E-state index contributed by atoms with van der Waals surface area (Å²) in [6.45, 7) is 0.177. The van der Waals surface area contributed by atoms with Gasteiger partial charge in [-0.25, -0.2) is 0 Å². The molecule has 1 aromatic carbocycles. The van der Waals surface area contributed by atoms with Crippen LogP contribution in [-0.2, 0) is 4.79 Å². The first-order valence-corrected chi connectivity index (χ1v) is 4.86. The van der Waals surface area contributed by atoms with Gasteiger partial charge in [-0.2, -0.15) is 0 Å². The van der Waals surface area contributed by atoms with Gasteiger partial charge in [0.15, 0.2) is 0 Å². The molecule has 1 rings (SSSR count). The van der Waals surface area contributed by atoms with Crippen LogP contribution in [0.2, 0.25) is 0 Å². The molecule has 0 unspecified atom stereocenters. The smallest absolute Gasteiger partial charge is 0.142 e. The Labute approximate surface area is 89.6 Å². The number of carbonyl (C=O) groups excluding carboxylic acids is 1. The molecule has 0 amide bonds. The fourth-order valence-electron chi connectivity index (χ4n) is 1.16. The van der Waals surface area contributed by atoms with Gasteiger partial charge in [-0.1, -0.05) is 42.5 Å². The minimum absolute atomic E-state index is 0.177. The van der Waals surface area contributed by atoms with Gasteiger partial charge in [0.05, 0.1) is 0 Å². The summed E-state index contributed by atoms with van der Waals surface area (Å²) >= 11 is 0. The van der Waals surface area contributed by atoms with Gasteiger partial charge in [-0.05, 0) is 23.6 Å². The molecule has 0 saturated heterocycles. The molecule has 0 atom stereocenters. The lowest BCUT2D eigenvalue weighted by atomic mass is 10.1. The van der Waals surface area contributed by atoms with Gasteiger partial charge in [-0.3, -0.25) is 4.79 Å². The second kappa shape index (κ2) is 6.74. The van der Waals surface area contributed by atoms with Gasteiger partial charge in [0, 0.05) is 6.61 Å². The number of hydrogen-bond acceptors (Lipinski definition) is 2. The van der Waals surface area contributed by atoms with Crippen molar-refractivity contribution >= 4 is 18.4 Å². The molecule has 0 radical (unpaired) electrons. The van der Waals surface area contributed by atoms with Gasteiger partial charge < -0.3 is 5.11 Å². The van der Waals surface area contributed by atoms with Crippen LogP contribution < -0.4 is 0 Å². The van der Waals surface area contributed by atoms with Crippen molar-refractivity contribution in [2.45, 2.75) is 6.42 Å². The van der Waals surface area contributed by atoms with E-state index in [2.05, 4.69) is 0 Å². The first-order chi connectivity index (χ1) is 7.36. The van der Waals surface area contributed by atoms with E-state index < -0.39 is 0 Å². The number of aldehydes is 1. The Bertz CT molecular complexity index is 347. The van der Waals surface area contributed by atoms with Gasteiger partial charge >= 0.3 is 0 Å². The molecule has 0 saturated carbocycles. The third kappa shape index (κ3) is 4.38. The molecule has 1 N–H and O–H groups in total. The number of carbonyl (C=O) groups is 1. The Balaban J connectivity index is 2.63. The topological polar surface area (TPSA) is 37.3 Å². The van der Waals surface area contributed by atoms with Gasteiger partial charge in [0.25, 0.3) is 0 Å². The van der Waals surface area contributed by atoms with Crippen LogP contribution in [0.3, 0.4) is 0 Å². The van der Waals surface area contributed by atoms with E-state index in [1.807, 2.05) is 36.4 Å². The highest BCUT2D eigenvalue weighted by Crippen LogP contribution is 2.07. The molecule has 0 aliphatic rings. The molecule has 2 nitrogen and oxygen atoms in total. The average molecular weight is 202 g/mol. The van der Waals surface area contributed by atoms with Crippen molar-refractivity contribution < 1.29 is 9.90 Å². The molecule has 0 heterocycles. The number of benzene rings is 1. The highest BCUT2D eigenvalue weighted by molar-refractivity contribution is 5.74. The van der Waals surface area contributed by atoms with Crippen LogP contribution in [0, 0.1) is 0 Å². The SMILES string of the molecule is O=C/C=C/c1ccc(C=CCCO)cc1. The first-order valence-electron chi connectivity index (χ1n) is 4.86. The summed E-state index contributed by atoms with van der Waals surface area (Å²) in [7, 11) is 0. The van der Waals surface area contributed by atoms with E-state index >= 15 is 0 Å². The maximum absolute atomic E-state index is 10.1. The number of allylic oxidation sites excluding steroid dienone is 1. The summed E-state index contributed by atoms with van der Waals surface area (Å²) in [6.07, 6.45) is 8.55. The molecular weight excluding hydrogens is 188 g/mol. The van der Waals surface area contributed by atoms with Gasteiger partial charge in [0.2, 0.25) is 0 Å². The standard InChI is InChI=1S/C13H14O2/c14-10-2-1-4-12-6-8-13(9-7-12)5-3-11-15/h1,3-9,11,14H,2,10H2/b4-1?,5-3+. The first kappa shape index (κ1) is 11.4. The predicted molar refractivity (Wildman–Crippen MR) is 62.3 cm³/mol. The van der Waals surface area contributed by atoms with Crippen molar-refractivity contribution in [3.05, 3.63) is 47.5 Å². The van der Waals surface area contributed by atoms with Crippen molar-refractivity contribution in [2.75, 3.05) is 6.61 Å². The summed E-state index contributed by atoms with van der Waals surface area (Å²) in [4.78, 5) is 10.1. The van der Waals surface area contributed by atoms with E-state index in [4.69, 9.17) is 5.11 Å². The third-order valence-electron chi connectivity index (χ3n) is 1.91. The van der Waals surface area contributed by atoms with Crippen LogP contribution in [-0.4, -0.2) is 18.0 Å². The van der Waals surface area contributed by atoms with Crippen molar-refractivity contribution in [1.82, 2.24) is 0 Å². The molecule has 0 fully saturated rings. The lowest BCUT2D eigenvalue weighted by Crippen LogP contribution is -1.77. The fraction of sp³-hybridized carbons (Fsp3) is 0.154. The second-order valence-corrected chi connectivity index (χ2v) is 3.08. The minimum Gasteiger partial charge on any atom is -0.396 e. The molecule has 78 valence electrons. The van der Waals surface area contributed by atoms with Gasteiger partial charge in [-0.15, -0.1) is 0 Å². The third-order valence-corrected chi connectivity index (χ3v) is 1.91. The lowest BCUT2D eigenvalue weighted by molar-refractivity contribution is -0.104. The van der Waals surface area contributed by atoms with Crippen LogP contribution in [0.1, 0.15) is 17.5 Å². The maximum atomic E-state index is 10.1. The zero-order valence-corrected chi connectivity index (χ0v) is 8.47. The highest BCUT2D eigenvalue weighted by atomic mass is 16.2. The molecular formula is C13H14O2. The maximum Gasteiger partial charge on any atom is 0.142 e. The highest BCUT2D eigenvalue weighted by Gasteiger charge is 1.87. The van der Waals surface area contributed by atoms with Crippen LogP contribution in [0.25, 0.3) is 12.2 Å². The van der Waals surface area contributed by atoms with E-state index in [0.717, 1.165) is 17.4 Å². The van der Waals surface area contributed by atoms with Crippen molar-refractivity contribution in [1.29, 1.82) is 0 Å². The predicted octanol–water partition coefficient (Wildman–Crippen LogP) is 2.29. The number of aliphatic hydroxyl groups is 1. The Morgan fingerprint density at radius 1 is 1.07 bits per heavy atom. The van der Waals surface area contributed by atoms with Crippen LogP contribution in [0.4, 0.5) is 0 Å². The average Bonchev–Trinajstić information content (AvgIpc) is 2.28. The van der Waals surface area contributed by atoms with Crippen LogP contribution in [0.5, 0.6) is 0 Å². The van der Waals surface area contributed by atoms with Crippen LogP contribution in [0.15, 0.2) is 36.4 Å². The molecule has 0 aliphatic heterocycles. The quantitative estimate of drug-likeness (QED) is 0.587. The fourth-order valence-corrected chi connectivity index (χ4v) is 1.16. The Morgan fingerprint density at radius 2 is 1.67 bits per heavy atom. The van der Waals surface area contributed by atoms with E-state index in [1.54, 1.807) is 6.08 Å². The normalized spacial score (nSPS) is 11.3.